The first-order chi connectivity index (χ1) is 10.1. The molecule has 2 aromatic rings. The summed E-state index contributed by atoms with van der Waals surface area (Å²) >= 11 is 5.82. The van der Waals surface area contributed by atoms with Crippen molar-refractivity contribution in [2.75, 3.05) is 6.79 Å². The Balaban J connectivity index is 1.92. The zero-order chi connectivity index (χ0) is 14.8. The molecule has 4 heteroatoms. The highest BCUT2D eigenvalue weighted by Crippen LogP contribution is 2.36. The molecule has 3 nitrogen and oxygen atoms in total. The molecule has 0 aliphatic carbocycles. The fourth-order valence-corrected chi connectivity index (χ4v) is 2.72. The predicted molar refractivity (Wildman–Crippen MR) is 81.0 cm³/mol. The van der Waals surface area contributed by atoms with E-state index in [0.717, 1.165) is 16.7 Å². The maximum absolute atomic E-state index is 11.9. The van der Waals surface area contributed by atoms with E-state index in [1.54, 1.807) is 0 Å². The molecule has 0 saturated carbocycles. The molecule has 1 aliphatic heterocycles. The Kier molecular flexibility index (Phi) is 3.84. The molecule has 0 N–H and O–H groups in total. The van der Waals surface area contributed by atoms with Gasteiger partial charge in [-0.1, -0.05) is 30.3 Å². The number of carbonyl (C=O) groups is 1. The highest BCUT2D eigenvalue weighted by molar-refractivity contribution is 6.64. The maximum atomic E-state index is 11.9. The molecule has 2 aromatic carbocycles. The largest absolute Gasteiger partial charge is 0.454 e. The second-order valence-electron chi connectivity index (χ2n) is 5.10. The fourth-order valence-electron chi connectivity index (χ4n) is 2.52. The summed E-state index contributed by atoms with van der Waals surface area (Å²) in [6.45, 7) is 2.25. The minimum absolute atomic E-state index is 0.218. The van der Waals surface area contributed by atoms with Crippen LogP contribution in [0.1, 0.15) is 22.6 Å². The molecule has 0 aromatic heterocycles. The van der Waals surface area contributed by atoms with Gasteiger partial charge in [0.2, 0.25) is 12.0 Å². The van der Waals surface area contributed by atoms with Crippen LogP contribution in [0.4, 0.5) is 0 Å². The summed E-state index contributed by atoms with van der Waals surface area (Å²) in [6.07, 6.45) is 0.578. The van der Waals surface area contributed by atoms with E-state index >= 15 is 0 Å². The molecule has 0 spiro atoms. The zero-order valence-corrected chi connectivity index (χ0v) is 12.4. The molecule has 1 atom stereocenters. The van der Waals surface area contributed by atoms with Crippen LogP contribution in [-0.2, 0) is 11.2 Å². The van der Waals surface area contributed by atoms with Gasteiger partial charge in [0.15, 0.2) is 11.5 Å². The molecule has 0 radical (unpaired) electrons. The van der Waals surface area contributed by atoms with Crippen LogP contribution in [0.25, 0.3) is 0 Å². The number of fused-ring (bicyclic) bond motifs is 1. The Labute approximate surface area is 128 Å². The van der Waals surface area contributed by atoms with E-state index in [-0.39, 0.29) is 18.0 Å². The van der Waals surface area contributed by atoms with Crippen molar-refractivity contribution in [3.63, 3.8) is 0 Å². The van der Waals surface area contributed by atoms with Crippen LogP contribution in [0.3, 0.4) is 0 Å². The summed E-state index contributed by atoms with van der Waals surface area (Å²) in [6, 6.07) is 13.5. The highest BCUT2D eigenvalue weighted by atomic mass is 35.5. The van der Waals surface area contributed by atoms with Crippen LogP contribution in [0, 0.1) is 6.92 Å². The van der Waals surface area contributed by atoms with Crippen molar-refractivity contribution < 1.29 is 14.3 Å². The van der Waals surface area contributed by atoms with Crippen LogP contribution in [0.15, 0.2) is 42.5 Å². The number of halogens is 1. The molecule has 0 saturated heterocycles. The van der Waals surface area contributed by atoms with Crippen molar-refractivity contribution in [1.29, 1.82) is 0 Å². The van der Waals surface area contributed by atoms with E-state index < -0.39 is 0 Å². The lowest BCUT2D eigenvalue weighted by Gasteiger charge is -2.15. The van der Waals surface area contributed by atoms with Crippen molar-refractivity contribution >= 4 is 16.8 Å². The van der Waals surface area contributed by atoms with Gasteiger partial charge >= 0.3 is 0 Å². The van der Waals surface area contributed by atoms with Crippen molar-refractivity contribution in [2.24, 2.45) is 0 Å². The van der Waals surface area contributed by atoms with Gasteiger partial charge in [0.25, 0.3) is 0 Å². The molecule has 1 heterocycles. The molecule has 3 rings (SSSR count). The van der Waals surface area contributed by atoms with Gasteiger partial charge in [0, 0.05) is 0 Å². The minimum Gasteiger partial charge on any atom is -0.454 e. The number of ether oxygens (including phenoxy) is 2. The zero-order valence-electron chi connectivity index (χ0n) is 11.6. The van der Waals surface area contributed by atoms with Crippen molar-refractivity contribution in [3.8, 4) is 11.5 Å². The van der Waals surface area contributed by atoms with Crippen LogP contribution in [0.5, 0.6) is 11.5 Å². The Bertz CT molecular complexity index is 681. The highest BCUT2D eigenvalue weighted by Gasteiger charge is 2.23. The summed E-state index contributed by atoms with van der Waals surface area (Å²) < 4.78 is 10.7. The third-order valence-corrected chi connectivity index (χ3v) is 4.02. The van der Waals surface area contributed by atoms with Gasteiger partial charge in [-0.05, 0) is 53.8 Å². The molecular formula is C17H15ClO3. The quantitative estimate of drug-likeness (QED) is 0.806. The average molecular weight is 303 g/mol. The summed E-state index contributed by atoms with van der Waals surface area (Å²) in [4.78, 5) is 11.9. The number of rotatable bonds is 4. The van der Waals surface area contributed by atoms with Gasteiger partial charge in [0.05, 0.1) is 5.92 Å². The van der Waals surface area contributed by atoms with E-state index in [2.05, 4.69) is 0 Å². The summed E-state index contributed by atoms with van der Waals surface area (Å²) in [5, 5.41) is -0.364. The Morgan fingerprint density at radius 1 is 1.19 bits per heavy atom. The van der Waals surface area contributed by atoms with Crippen molar-refractivity contribution in [3.05, 3.63) is 59.2 Å². The van der Waals surface area contributed by atoms with Crippen molar-refractivity contribution in [1.82, 2.24) is 0 Å². The second kappa shape index (κ2) is 5.78. The van der Waals surface area contributed by atoms with E-state index in [1.807, 2.05) is 49.4 Å². The van der Waals surface area contributed by atoms with Crippen LogP contribution < -0.4 is 9.47 Å². The minimum atomic E-state index is -0.387. The molecule has 0 amide bonds. The molecule has 1 aliphatic rings. The first-order valence-corrected chi connectivity index (χ1v) is 7.16. The summed E-state index contributed by atoms with van der Waals surface area (Å²) in [5.41, 5.74) is 3.12. The van der Waals surface area contributed by atoms with Crippen molar-refractivity contribution in [2.45, 2.75) is 19.3 Å². The van der Waals surface area contributed by atoms with Crippen LogP contribution in [-0.4, -0.2) is 12.0 Å². The SMILES string of the molecule is Cc1ccccc1CC(C(=O)Cl)c1ccc2c(c1)OCO2. The molecule has 1 unspecified atom stereocenters. The van der Waals surface area contributed by atoms with E-state index in [9.17, 15) is 4.79 Å². The first-order valence-electron chi connectivity index (χ1n) is 6.78. The van der Waals surface area contributed by atoms with E-state index in [0.29, 0.717) is 17.9 Å². The summed E-state index contributed by atoms with van der Waals surface area (Å²) in [5.74, 6) is 0.984. The third kappa shape index (κ3) is 2.88. The van der Waals surface area contributed by atoms with Crippen LogP contribution >= 0.6 is 11.6 Å². The third-order valence-electron chi connectivity index (χ3n) is 3.76. The summed E-state index contributed by atoms with van der Waals surface area (Å²) in [7, 11) is 0. The lowest BCUT2D eigenvalue weighted by Crippen LogP contribution is -2.11. The lowest BCUT2D eigenvalue weighted by molar-refractivity contribution is -0.113. The Morgan fingerprint density at radius 3 is 2.71 bits per heavy atom. The standard InChI is InChI=1S/C17H15ClO3/c1-11-4-2-3-5-12(11)8-14(17(18)19)13-6-7-15-16(9-13)21-10-20-15/h2-7,9,14H,8,10H2,1H3. The Morgan fingerprint density at radius 2 is 1.95 bits per heavy atom. The van der Waals surface area contributed by atoms with Gasteiger partial charge in [-0.2, -0.15) is 0 Å². The van der Waals surface area contributed by atoms with Gasteiger partial charge in [-0.15, -0.1) is 0 Å². The van der Waals surface area contributed by atoms with Gasteiger partial charge in [0.1, 0.15) is 0 Å². The molecular weight excluding hydrogens is 288 g/mol. The Hall–Kier alpha value is -2.00. The smallest absolute Gasteiger partial charge is 0.231 e. The number of hydrogen-bond donors (Lipinski definition) is 0. The average Bonchev–Trinajstić information content (AvgIpc) is 2.93. The normalized spacial score (nSPS) is 14.0. The second-order valence-corrected chi connectivity index (χ2v) is 5.47. The van der Waals surface area contributed by atoms with Gasteiger partial charge in [-0.3, -0.25) is 4.79 Å². The molecule has 108 valence electrons. The predicted octanol–water partition coefficient (Wildman–Crippen LogP) is 3.82. The first kappa shape index (κ1) is 14.0. The number of aryl methyl sites for hydroxylation is 1. The topological polar surface area (TPSA) is 35.5 Å². The van der Waals surface area contributed by atoms with Gasteiger partial charge < -0.3 is 9.47 Å². The molecule has 0 bridgehead atoms. The molecule has 21 heavy (non-hydrogen) atoms. The van der Waals surface area contributed by atoms with E-state index in [4.69, 9.17) is 21.1 Å². The van der Waals surface area contributed by atoms with Crippen LogP contribution in [0.2, 0.25) is 0 Å². The molecule has 0 fully saturated rings. The van der Waals surface area contributed by atoms with E-state index in [1.165, 1.54) is 0 Å². The number of hydrogen-bond acceptors (Lipinski definition) is 3. The fraction of sp³-hybridized carbons (Fsp3) is 0.235. The maximum Gasteiger partial charge on any atom is 0.231 e. The number of benzene rings is 2. The van der Waals surface area contributed by atoms with Gasteiger partial charge in [-0.25, -0.2) is 0 Å². The monoisotopic (exact) mass is 302 g/mol. The number of carbonyl (C=O) groups excluding carboxylic acids is 1. The lowest BCUT2D eigenvalue weighted by atomic mass is 9.91.